The zero-order valence-corrected chi connectivity index (χ0v) is 15.9. The maximum atomic E-state index is 12.6. The molecule has 0 spiro atoms. The highest BCUT2D eigenvalue weighted by molar-refractivity contribution is 7.89. The number of hydrogen-bond donors (Lipinski definition) is 1. The Bertz CT molecular complexity index is 679. The molecule has 8 heteroatoms. The van der Waals surface area contributed by atoms with Gasteiger partial charge in [0.2, 0.25) is 10.0 Å². The summed E-state index contributed by atoms with van der Waals surface area (Å²) in [6.45, 7) is 4.79. The van der Waals surface area contributed by atoms with Crippen LogP contribution in [0.25, 0.3) is 0 Å². The van der Waals surface area contributed by atoms with Gasteiger partial charge in [-0.15, -0.1) is 12.4 Å². The van der Waals surface area contributed by atoms with Gasteiger partial charge in [0, 0.05) is 37.8 Å². The first-order valence-electron chi connectivity index (χ1n) is 7.86. The van der Waals surface area contributed by atoms with Crippen LogP contribution in [0.2, 0.25) is 0 Å². The first kappa shape index (κ1) is 20.9. The molecule has 2 rings (SSSR count). The highest BCUT2D eigenvalue weighted by Gasteiger charge is 2.26. The molecule has 1 aromatic rings. The Morgan fingerprint density at radius 3 is 2.62 bits per heavy atom. The largest absolute Gasteiger partial charge is 0.337 e. The van der Waals surface area contributed by atoms with E-state index >= 15 is 0 Å². The number of carbonyl (C=O) groups is 1. The van der Waals surface area contributed by atoms with E-state index in [2.05, 4.69) is 0 Å². The van der Waals surface area contributed by atoms with Crippen LogP contribution in [0.15, 0.2) is 29.2 Å². The van der Waals surface area contributed by atoms with Crippen molar-refractivity contribution in [2.45, 2.75) is 43.7 Å². The van der Waals surface area contributed by atoms with E-state index in [4.69, 9.17) is 5.73 Å². The fourth-order valence-corrected chi connectivity index (χ4v) is 4.02. The van der Waals surface area contributed by atoms with Crippen LogP contribution in [0.1, 0.15) is 37.0 Å². The molecule has 2 N–H and O–H groups in total. The maximum absolute atomic E-state index is 12.6. The lowest BCUT2D eigenvalue weighted by molar-refractivity contribution is 0.0708. The minimum Gasteiger partial charge on any atom is -0.337 e. The first-order valence-corrected chi connectivity index (χ1v) is 9.30. The number of piperidine rings is 1. The normalized spacial score (nSPS) is 18.6. The lowest BCUT2D eigenvalue weighted by Crippen LogP contribution is -2.45. The number of likely N-dealkylation sites (tertiary alicyclic amines) is 1. The predicted molar refractivity (Wildman–Crippen MR) is 96.9 cm³/mol. The van der Waals surface area contributed by atoms with Crippen molar-refractivity contribution < 1.29 is 13.2 Å². The van der Waals surface area contributed by atoms with Gasteiger partial charge >= 0.3 is 0 Å². The molecule has 0 saturated carbocycles. The van der Waals surface area contributed by atoms with E-state index in [1.165, 1.54) is 23.5 Å². The monoisotopic (exact) mass is 375 g/mol. The van der Waals surface area contributed by atoms with E-state index in [1.807, 2.05) is 13.8 Å². The number of nitrogens with zero attached hydrogens (tertiary/aromatic N) is 2. The summed E-state index contributed by atoms with van der Waals surface area (Å²) in [4.78, 5) is 14.4. The lowest BCUT2D eigenvalue weighted by atomic mass is 10.1. The molecule has 0 radical (unpaired) electrons. The van der Waals surface area contributed by atoms with Crippen LogP contribution >= 0.6 is 12.4 Å². The number of hydrogen-bond acceptors (Lipinski definition) is 4. The Morgan fingerprint density at radius 1 is 1.38 bits per heavy atom. The Kier molecular flexibility index (Phi) is 7.22. The number of halogens is 1. The molecule has 1 fully saturated rings. The highest BCUT2D eigenvalue weighted by Crippen LogP contribution is 2.20. The topological polar surface area (TPSA) is 83.7 Å². The van der Waals surface area contributed by atoms with E-state index in [1.54, 1.807) is 17.0 Å². The summed E-state index contributed by atoms with van der Waals surface area (Å²) >= 11 is 0. The zero-order valence-electron chi connectivity index (χ0n) is 14.3. The molecule has 1 heterocycles. The van der Waals surface area contributed by atoms with Crippen LogP contribution < -0.4 is 5.73 Å². The Balaban J connectivity index is 0.00000288. The minimum atomic E-state index is -3.60. The molecule has 1 saturated heterocycles. The molecule has 1 aliphatic heterocycles. The molecule has 1 aromatic carbocycles. The second-order valence-electron chi connectivity index (χ2n) is 6.30. The average molecular weight is 376 g/mol. The standard InChI is InChI=1S/C16H25N3O3S.ClH/c1-12(2)18(3)23(21,22)15-8-4-6-13(10-15)16(20)19-9-5-7-14(17)11-19;/h4,6,8,10,12,14H,5,7,9,11,17H2,1-3H3;1H. The van der Waals surface area contributed by atoms with Gasteiger partial charge in [0.25, 0.3) is 5.91 Å². The van der Waals surface area contributed by atoms with Gasteiger partial charge in [0.1, 0.15) is 0 Å². The first-order chi connectivity index (χ1) is 10.7. The fourth-order valence-electron chi connectivity index (χ4n) is 2.61. The number of rotatable bonds is 4. The average Bonchev–Trinajstić information content (AvgIpc) is 2.53. The molecule has 0 aromatic heterocycles. The highest BCUT2D eigenvalue weighted by atomic mass is 35.5. The van der Waals surface area contributed by atoms with Crippen molar-refractivity contribution >= 4 is 28.3 Å². The minimum absolute atomic E-state index is 0. The van der Waals surface area contributed by atoms with Crippen molar-refractivity contribution in [3.8, 4) is 0 Å². The van der Waals surface area contributed by atoms with Gasteiger partial charge < -0.3 is 10.6 Å². The number of amides is 1. The summed E-state index contributed by atoms with van der Waals surface area (Å²) in [6, 6.07) is 6.07. The van der Waals surface area contributed by atoms with Crippen molar-refractivity contribution in [3.05, 3.63) is 29.8 Å². The van der Waals surface area contributed by atoms with E-state index in [0.29, 0.717) is 18.7 Å². The molecule has 6 nitrogen and oxygen atoms in total. The molecule has 1 unspecified atom stereocenters. The molecule has 24 heavy (non-hydrogen) atoms. The van der Waals surface area contributed by atoms with Gasteiger partial charge in [0.15, 0.2) is 0 Å². The van der Waals surface area contributed by atoms with Gasteiger partial charge in [-0.2, -0.15) is 4.31 Å². The fraction of sp³-hybridized carbons (Fsp3) is 0.562. The second kappa shape index (κ2) is 8.29. The summed E-state index contributed by atoms with van der Waals surface area (Å²) in [6.07, 6.45) is 1.79. The van der Waals surface area contributed by atoms with Crippen molar-refractivity contribution in [1.82, 2.24) is 9.21 Å². The van der Waals surface area contributed by atoms with Crippen LogP contribution in [-0.4, -0.2) is 55.8 Å². The van der Waals surface area contributed by atoms with Gasteiger partial charge in [-0.1, -0.05) is 6.07 Å². The van der Waals surface area contributed by atoms with E-state index in [9.17, 15) is 13.2 Å². The van der Waals surface area contributed by atoms with Crippen LogP contribution in [0, 0.1) is 0 Å². The number of benzene rings is 1. The molecule has 1 atom stereocenters. The van der Waals surface area contributed by atoms with Crippen LogP contribution in [0.5, 0.6) is 0 Å². The Morgan fingerprint density at radius 2 is 2.04 bits per heavy atom. The van der Waals surface area contributed by atoms with E-state index < -0.39 is 10.0 Å². The Hall–Kier alpha value is -1.15. The van der Waals surface area contributed by atoms with Crippen molar-refractivity contribution in [2.75, 3.05) is 20.1 Å². The van der Waals surface area contributed by atoms with Crippen LogP contribution in [0.4, 0.5) is 0 Å². The summed E-state index contributed by atoms with van der Waals surface area (Å²) in [5, 5.41) is 0. The third kappa shape index (κ3) is 4.47. The molecule has 0 bridgehead atoms. The van der Waals surface area contributed by atoms with Crippen molar-refractivity contribution in [1.29, 1.82) is 0 Å². The summed E-state index contributed by atoms with van der Waals surface area (Å²) < 4.78 is 26.4. The van der Waals surface area contributed by atoms with Gasteiger partial charge in [-0.3, -0.25) is 4.79 Å². The molecular formula is C16H26ClN3O3S. The van der Waals surface area contributed by atoms with Crippen molar-refractivity contribution in [3.63, 3.8) is 0 Å². The smallest absolute Gasteiger partial charge is 0.253 e. The predicted octanol–water partition coefficient (Wildman–Crippen LogP) is 1.70. The third-order valence-corrected chi connectivity index (χ3v) is 6.26. The third-order valence-electron chi connectivity index (χ3n) is 4.23. The molecular weight excluding hydrogens is 350 g/mol. The Labute approximate surface area is 150 Å². The van der Waals surface area contributed by atoms with Crippen molar-refractivity contribution in [2.24, 2.45) is 5.73 Å². The number of carbonyl (C=O) groups excluding carboxylic acids is 1. The summed E-state index contributed by atoms with van der Waals surface area (Å²) in [7, 11) is -2.06. The quantitative estimate of drug-likeness (QED) is 0.868. The molecule has 1 aliphatic rings. The van der Waals surface area contributed by atoms with E-state index in [-0.39, 0.29) is 35.3 Å². The van der Waals surface area contributed by atoms with Crippen LogP contribution in [-0.2, 0) is 10.0 Å². The van der Waals surface area contributed by atoms with Gasteiger partial charge in [0.05, 0.1) is 4.90 Å². The number of nitrogens with two attached hydrogens (primary N) is 1. The molecule has 1 amide bonds. The van der Waals surface area contributed by atoms with Crippen LogP contribution in [0.3, 0.4) is 0 Å². The summed E-state index contributed by atoms with van der Waals surface area (Å²) in [5.74, 6) is -0.163. The van der Waals surface area contributed by atoms with Gasteiger partial charge in [-0.25, -0.2) is 8.42 Å². The lowest BCUT2D eigenvalue weighted by Gasteiger charge is -2.31. The molecule has 0 aliphatic carbocycles. The second-order valence-corrected chi connectivity index (χ2v) is 8.29. The maximum Gasteiger partial charge on any atom is 0.253 e. The van der Waals surface area contributed by atoms with E-state index in [0.717, 1.165) is 12.8 Å². The van der Waals surface area contributed by atoms with Gasteiger partial charge in [-0.05, 0) is 44.9 Å². The number of sulfonamides is 1. The molecule has 136 valence electrons. The zero-order chi connectivity index (χ0) is 17.2. The summed E-state index contributed by atoms with van der Waals surface area (Å²) in [5.41, 5.74) is 6.30. The SMILES string of the molecule is CC(C)N(C)S(=O)(=O)c1cccc(C(=O)N2CCCC(N)C2)c1.Cl.